The van der Waals surface area contributed by atoms with Gasteiger partial charge in [-0.3, -0.25) is 0 Å². The van der Waals surface area contributed by atoms with E-state index < -0.39 is 45.0 Å². The van der Waals surface area contributed by atoms with Crippen LogP contribution < -0.4 is 13.1 Å². The summed E-state index contributed by atoms with van der Waals surface area (Å²) in [5.74, 6) is 0. The van der Waals surface area contributed by atoms with E-state index in [-0.39, 0.29) is 14.7 Å². The molecule has 0 amide bonds. The fraction of sp³-hybridized carbons (Fsp3) is 0. The van der Waals surface area contributed by atoms with Crippen LogP contribution in [0.2, 0.25) is 0 Å². The van der Waals surface area contributed by atoms with Crippen molar-refractivity contribution in [3.05, 3.63) is 72.8 Å². The van der Waals surface area contributed by atoms with Gasteiger partial charge in [0.25, 0.3) is 0 Å². The van der Waals surface area contributed by atoms with Crippen LogP contribution in [0.15, 0.2) is 87.5 Å². The third-order valence-electron chi connectivity index (χ3n) is 4.12. The average Bonchev–Trinajstić information content (AvgIpc) is 2.67. The van der Waals surface area contributed by atoms with Crippen LogP contribution in [0.3, 0.4) is 0 Å². The minimum absolute atomic E-state index is 0.388. The summed E-state index contributed by atoms with van der Waals surface area (Å²) >= 11 is -2.83. The Hall–Kier alpha value is -2.05. The number of hydrogen-bond acceptors (Lipinski definition) is 6. The predicted octanol–water partition coefficient (Wildman–Crippen LogP) is -0.0571. The van der Waals surface area contributed by atoms with E-state index in [9.17, 15) is 38.9 Å². The molecule has 0 atom stereocenters. The van der Waals surface area contributed by atoms with Gasteiger partial charge in [0.1, 0.15) is 0 Å². The Morgan fingerprint density at radius 2 is 0.742 bits per heavy atom. The van der Waals surface area contributed by atoms with E-state index in [1.165, 1.54) is 54.6 Å². The Kier molecular flexibility index (Phi) is 6.45. The third kappa shape index (κ3) is 5.60. The molecule has 0 spiro atoms. The van der Waals surface area contributed by atoms with Gasteiger partial charge in [0, 0.05) is 0 Å². The first kappa shape index (κ1) is 23.6. The molecule has 164 valence electrons. The maximum absolute atomic E-state index is 11.6. The van der Waals surface area contributed by atoms with Gasteiger partial charge in [0.15, 0.2) is 0 Å². The van der Waals surface area contributed by atoms with Crippen molar-refractivity contribution in [3.63, 3.8) is 0 Å². The number of rotatable bonds is 6. The van der Waals surface area contributed by atoms with E-state index in [0.29, 0.717) is 13.1 Å². The van der Waals surface area contributed by atoms with Crippen molar-refractivity contribution in [2.24, 2.45) is 0 Å². The van der Waals surface area contributed by atoms with Gasteiger partial charge in [-0.2, -0.15) is 0 Å². The normalized spacial score (nSPS) is 12.8. The van der Waals surface area contributed by atoms with Crippen LogP contribution in [0.4, 0.5) is 0 Å². The van der Waals surface area contributed by atoms with Crippen molar-refractivity contribution in [1.82, 2.24) is 0 Å². The van der Waals surface area contributed by atoms with Crippen molar-refractivity contribution in [1.29, 1.82) is 0 Å². The van der Waals surface area contributed by atoms with Gasteiger partial charge in [0.2, 0.25) is 0 Å². The molecule has 0 saturated heterocycles. The third-order valence-corrected chi connectivity index (χ3v) is 11.7. The molecule has 9 nitrogen and oxygen atoms in total. The van der Waals surface area contributed by atoms with Crippen molar-refractivity contribution >= 4 is 58.1 Å². The Labute approximate surface area is 183 Å². The molecule has 0 aliphatic rings. The zero-order chi connectivity index (χ0) is 23.0. The van der Waals surface area contributed by atoms with Crippen molar-refractivity contribution in [2.75, 3.05) is 0 Å². The van der Waals surface area contributed by atoms with Gasteiger partial charge < -0.3 is 0 Å². The molecule has 3 rings (SSSR count). The molecular formula is C18H15AsO9S3. The molecule has 0 aliphatic carbocycles. The second kappa shape index (κ2) is 8.47. The van der Waals surface area contributed by atoms with Crippen LogP contribution in [-0.4, -0.2) is 53.6 Å². The monoisotopic (exact) mass is 546 g/mol. The maximum atomic E-state index is 11.6. The zero-order valence-corrected chi connectivity index (χ0v) is 19.7. The summed E-state index contributed by atoms with van der Waals surface area (Å²) < 4.78 is 99.1. The first-order chi connectivity index (χ1) is 14.3. The van der Waals surface area contributed by atoms with E-state index in [0.717, 1.165) is 0 Å². The van der Waals surface area contributed by atoms with Crippen LogP contribution in [-0.2, 0) is 30.4 Å². The molecule has 13 heteroatoms. The first-order valence-corrected chi connectivity index (χ1v) is 15.4. The zero-order valence-electron chi connectivity index (χ0n) is 15.4. The van der Waals surface area contributed by atoms with Crippen LogP contribution in [0.1, 0.15) is 0 Å². The molecule has 0 bridgehead atoms. The standard InChI is InChI=1S/C18H15AsO9S3/c20-29(21,22)16-7-1-4-13(10-16)19(14-5-2-8-17(11-14)30(23,24)25)15-6-3-9-18(12-15)31(26,27)28/h1-12H,(H,20,21,22)(H,23,24,25)(H,26,27,28). The quantitative estimate of drug-likeness (QED) is 0.284. The van der Waals surface area contributed by atoms with Crippen molar-refractivity contribution in [3.8, 4) is 0 Å². The average molecular weight is 546 g/mol. The summed E-state index contributed by atoms with van der Waals surface area (Å²) in [6.07, 6.45) is 0. The van der Waals surface area contributed by atoms with Crippen LogP contribution in [0, 0.1) is 0 Å². The summed E-state index contributed by atoms with van der Waals surface area (Å²) in [6, 6.07) is 16.0. The van der Waals surface area contributed by atoms with Gasteiger partial charge in [-0.15, -0.1) is 0 Å². The molecule has 0 radical (unpaired) electrons. The molecule has 0 fully saturated rings. The van der Waals surface area contributed by atoms with Gasteiger partial charge >= 0.3 is 184 Å². The molecule has 0 saturated carbocycles. The second-order valence-electron chi connectivity index (χ2n) is 6.25. The van der Waals surface area contributed by atoms with Crippen molar-refractivity contribution < 1.29 is 38.9 Å². The Bertz CT molecular complexity index is 1280. The summed E-state index contributed by atoms with van der Waals surface area (Å²) in [5, 5.41) is 0. The fourth-order valence-corrected chi connectivity index (χ4v) is 9.99. The van der Waals surface area contributed by atoms with Gasteiger partial charge in [0.05, 0.1) is 0 Å². The molecule has 0 unspecified atom stereocenters. The van der Waals surface area contributed by atoms with Crippen LogP contribution in [0.5, 0.6) is 0 Å². The van der Waals surface area contributed by atoms with Gasteiger partial charge in [-0.25, -0.2) is 0 Å². The first-order valence-electron chi connectivity index (χ1n) is 8.30. The van der Waals surface area contributed by atoms with E-state index in [1.807, 2.05) is 0 Å². The molecule has 3 aromatic carbocycles. The second-order valence-corrected chi connectivity index (χ2v) is 15.2. The summed E-state index contributed by atoms with van der Waals surface area (Å²) in [4.78, 5) is -1.16. The Morgan fingerprint density at radius 1 is 0.484 bits per heavy atom. The van der Waals surface area contributed by atoms with Gasteiger partial charge in [-0.05, 0) is 0 Å². The van der Waals surface area contributed by atoms with E-state index in [2.05, 4.69) is 0 Å². The fourth-order valence-electron chi connectivity index (χ4n) is 2.80. The topological polar surface area (TPSA) is 163 Å². The van der Waals surface area contributed by atoms with E-state index in [1.54, 1.807) is 18.2 Å². The molecule has 0 aliphatic heterocycles. The van der Waals surface area contributed by atoms with E-state index in [4.69, 9.17) is 0 Å². The summed E-state index contributed by atoms with van der Waals surface area (Å²) in [6.45, 7) is 0. The Morgan fingerprint density at radius 3 is 0.968 bits per heavy atom. The molecule has 0 aromatic heterocycles. The summed E-state index contributed by atoms with van der Waals surface area (Å²) in [7, 11) is -13.6. The number of benzene rings is 3. The molecular weight excluding hydrogens is 531 g/mol. The van der Waals surface area contributed by atoms with Gasteiger partial charge in [-0.1, -0.05) is 0 Å². The SMILES string of the molecule is O=S(=O)(O)c1cccc([As](c2cccc(S(=O)(=O)O)c2)c2cccc(S(=O)(=O)O)c2)c1. The van der Waals surface area contributed by atoms with Crippen molar-refractivity contribution in [2.45, 2.75) is 14.7 Å². The predicted molar refractivity (Wildman–Crippen MR) is 113 cm³/mol. The van der Waals surface area contributed by atoms with E-state index >= 15 is 0 Å². The number of hydrogen-bond donors (Lipinski definition) is 3. The summed E-state index contributed by atoms with van der Waals surface area (Å²) in [5.41, 5.74) is 0. The minimum atomic E-state index is -4.53. The molecule has 3 aromatic rings. The van der Waals surface area contributed by atoms with Crippen LogP contribution >= 0.6 is 0 Å². The molecule has 31 heavy (non-hydrogen) atoms. The molecule has 0 heterocycles. The Balaban J connectivity index is 2.31. The van der Waals surface area contributed by atoms with Crippen LogP contribution in [0.25, 0.3) is 0 Å². The molecule has 3 N–H and O–H groups in total.